The molecule has 136 valence electrons. The highest BCUT2D eigenvalue weighted by atomic mass is 16.2. The summed E-state index contributed by atoms with van der Waals surface area (Å²) in [5.74, 6) is -0.345. The molecule has 0 spiro atoms. The van der Waals surface area contributed by atoms with Crippen molar-refractivity contribution in [1.29, 1.82) is 0 Å². The molecule has 0 aliphatic rings. The van der Waals surface area contributed by atoms with Gasteiger partial charge in [0.05, 0.1) is 0 Å². The lowest BCUT2D eigenvalue weighted by molar-refractivity contribution is -0.111. The van der Waals surface area contributed by atoms with Gasteiger partial charge in [0.1, 0.15) is 0 Å². The van der Waals surface area contributed by atoms with E-state index in [1.54, 1.807) is 30.3 Å². The van der Waals surface area contributed by atoms with Gasteiger partial charge in [-0.25, -0.2) is 0 Å². The van der Waals surface area contributed by atoms with Gasteiger partial charge in [-0.2, -0.15) is 0 Å². The topological polar surface area (TPSA) is 58.2 Å². The summed E-state index contributed by atoms with van der Waals surface area (Å²) in [5.41, 5.74) is 4.25. The molecule has 4 heteroatoms. The molecule has 0 bridgehead atoms. The molecular weight excluding hydrogens is 324 g/mol. The van der Waals surface area contributed by atoms with E-state index in [4.69, 9.17) is 0 Å². The molecule has 26 heavy (non-hydrogen) atoms. The van der Waals surface area contributed by atoms with Crippen molar-refractivity contribution in [3.8, 4) is 0 Å². The molecule has 0 fully saturated rings. The molecule has 2 aromatic carbocycles. The van der Waals surface area contributed by atoms with E-state index in [-0.39, 0.29) is 17.4 Å². The summed E-state index contributed by atoms with van der Waals surface area (Å²) < 4.78 is 0. The van der Waals surface area contributed by atoms with Crippen molar-refractivity contribution in [3.05, 3.63) is 70.8 Å². The third-order valence-electron chi connectivity index (χ3n) is 3.74. The van der Waals surface area contributed by atoms with E-state index >= 15 is 0 Å². The van der Waals surface area contributed by atoms with Crippen LogP contribution in [0.3, 0.4) is 0 Å². The zero-order valence-corrected chi connectivity index (χ0v) is 16.0. The number of hydrogen-bond donors (Lipinski definition) is 2. The van der Waals surface area contributed by atoms with Crippen LogP contribution in [0.1, 0.15) is 47.8 Å². The van der Waals surface area contributed by atoms with Gasteiger partial charge in [0.25, 0.3) is 5.91 Å². The molecule has 0 aliphatic heterocycles. The molecule has 0 unspecified atom stereocenters. The third-order valence-corrected chi connectivity index (χ3v) is 3.74. The Hall–Kier alpha value is -2.88. The lowest BCUT2D eigenvalue weighted by Gasteiger charge is -2.20. The van der Waals surface area contributed by atoms with Crippen molar-refractivity contribution in [2.75, 3.05) is 5.32 Å². The summed E-state index contributed by atoms with van der Waals surface area (Å²) in [6.45, 7) is 9.86. The van der Waals surface area contributed by atoms with Crippen molar-refractivity contribution < 1.29 is 9.59 Å². The van der Waals surface area contributed by atoms with Crippen molar-refractivity contribution >= 4 is 23.6 Å². The van der Waals surface area contributed by atoms with E-state index < -0.39 is 0 Å². The Bertz CT molecular complexity index is 828. The van der Waals surface area contributed by atoms with Crippen molar-refractivity contribution in [1.82, 2.24) is 5.32 Å². The summed E-state index contributed by atoms with van der Waals surface area (Å²) in [4.78, 5) is 24.2. The lowest BCUT2D eigenvalue weighted by atomic mass is 10.1. The number of nitrogens with one attached hydrogen (secondary N) is 2. The van der Waals surface area contributed by atoms with Gasteiger partial charge in [-0.3, -0.25) is 9.59 Å². The van der Waals surface area contributed by atoms with Crippen LogP contribution in [0.2, 0.25) is 0 Å². The van der Waals surface area contributed by atoms with Gasteiger partial charge < -0.3 is 10.6 Å². The Kier molecular flexibility index (Phi) is 5.98. The van der Waals surface area contributed by atoms with Crippen LogP contribution < -0.4 is 10.6 Å². The first-order valence-corrected chi connectivity index (χ1v) is 8.63. The number of anilines is 1. The predicted octanol–water partition coefficient (Wildman–Crippen LogP) is 4.48. The third kappa shape index (κ3) is 5.88. The second kappa shape index (κ2) is 8.00. The Morgan fingerprint density at radius 3 is 2.19 bits per heavy atom. The first-order chi connectivity index (χ1) is 12.1. The van der Waals surface area contributed by atoms with E-state index in [0.717, 1.165) is 11.1 Å². The minimum atomic E-state index is -0.289. The number of hydrogen-bond acceptors (Lipinski definition) is 2. The molecule has 0 heterocycles. The Morgan fingerprint density at radius 1 is 0.962 bits per heavy atom. The van der Waals surface area contributed by atoms with Crippen LogP contribution >= 0.6 is 0 Å². The van der Waals surface area contributed by atoms with Crippen LogP contribution in [-0.4, -0.2) is 17.4 Å². The number of rotatable bonds is 4. The quantitative estimate of drug-likeness (QED) is 0.799. The zero-order chi connectivity index (χ0) is 19.3. The molecule has 0 atom stereocenters. The van der Waals surface area contributed by atoms with E-state index in [9.17, 15) is 9.59 Å². The summed E-state index contributed by atoms with van der Waals surface area (Å²) in [7, 11) is 0. The van der Waals surface area contributed by atoms with Crippen LogP contribution in [0.5, 0.6) is 0 Å². The number of amides is 2. The van der Waals surface area contributed by atoms with Gasteiger partial charge in [-0.1, -0.05) is 23.8 Å². The van der Waals surface area contributed by atoms with Crippen molar-refractivity contribution in [3.63, 3.8) is 0 Å². The maximum atomic E-state index is 12.1. The van der Waals surface area contributed by atoms with Gasteiger partial charge >= 0.3 is 0 Å². The molecule has 4 nitrogen and oxygen atoms in total. The molecule has 2 N–H and O–H groups in total. The van der Waals surface area contributed by atoms with Gasteiger partial charge in [-0.05, 0) is 76.1 Å². The van der Waals surface area contributed by atoms with Crippen LogP contribution in [-0.2, 0) is 4.79 Å². The first-order valence-electron chi connectivity index (χ1n) is 8.63. The van der Waals surface area contributed by atoms with Crippen molar-refractivity contribution in [2.45, 2.75) is 40.2 Å². The maximum absolute atomic E-state index is 12.1. The zero-order valence-electron chi connectivity index (χ0n) is 16.0. The standard InChI is InChI=1S/C22H26N2O2/c1-15-6-7-17(16(2)14-15)10-13-20(25)23-19-11-8-18(9-12-19)21(26)24-22(3,4)5/h6-14H,1-5H3,(H,23,25)(H,24,26)/b13-10+. The fourth-order valence-electron chi connectivity index (χ4n) is 2.48. The minimum Gasteiger partial charge on any atom is -0.347 e. The highest BCUT2D eigenvalue weighted by Crippen LogP contribution is 2.14. The van der Waals surface area contributed by atoms with Crippen LogP contribution in [0.25, 0.3) is 6.08 Å². The van der Waals surface area contributed by atoms with Crippen LogP contribution in [0, 0.1) is 13.8 Å². The van der Waals surface area contributed by atoms with Gasteiger partial charge in [0.2, 0.25) is 5.91 Å². The largest absolute Gasteiger partial charge is 0.347 e. The summed E-state index contributed by atoms with van der Waals surface area (Å²) in [6.07, 6.45) is 3.31. The number of carbonyl (C=O) groups excluding carboxylic acids is 2. The van der Waals surface area contributed by atoms with E-state index in [2.05, 4.69) is 16.7 Å². The van der Waals surface area contributed by atoms with Gasteiger partial charge in [-0.15, -0.1) is 0 Å². The number of carbonyl (C=O) groups is 2. The number of aryl methyl sites for hydroxylation is 2. The summed E-state index contributed by atoms with van der Waals surface area (Å²) in [6, 6.07) is 12.9. The Labute approximate surface area is 155 Å². The van der Waals surface area contributed by atoms with Crippen LogP contribution in [0.15, 0.2) is 48.5 Å². The molecule has 2 rings (SSSR count). The van der Waals surface area contributed by atoms with Gasteiger partial charge in [0.15, 0.2) is 0 Å². The second-order valence-electron chi connectivity index (χ2n) is 7.46. The monoisotopic (exact) mass is 350 g/mol. The van der Waals surface area contributed by atoms with E-state index in [1.807, 2.05) is 46.8 Å². The minimum absolute atomic E-state index is 0.134. The predicted molar refractivity (Wildman–Crippen MR) is 107 cm³/mol. The molecule has 0 radical (unpaired) electrons. The fourth-order valence-corrected chi connectivity index (χ4v) is 2.48. The molecular formula is C22H26N2O2. The van der Waals surface area contributed by atoms with E-state index in [0.29, 0.717) is 11.3 Å². The molecule has 0 aliphatic carbocycles. The first kappa shape index (κ1) is 19.4. The lowest BCUT2D eigenvalue weighted by Crippen LogP contribution is -2.40. The second-order valence-corrected chi connectivity index (χ2v) is 7.46. The Balaban J connectivity index is 1.99. The average molecular weight is 350 g/mol. The summed E-state index contributed by atoms with van der Waals surface area (Å²) >= 11 is 0. The normalized spacial score (nSPS) is 11.4. The fraction of sp³-hybridized carbons (Fsp3) is 0.273. The Morgan fingerprint density at radius 2 is 1.62 bits per heavy atom. The number of benzene rings is 2. The van der Waals surface area contributed by atoms with Crippen LogP contribution in [0.4, 0.5) is 5.69 Å². The summed E-state index contributed by atoms with van der Waals surface area (Å²) in [5, 5.41) is 5.71. The smallest absolute Gasteiger partial charge is 0.251 e. The maximum Gasteiger partial charge on any atom is 0.251 e. The highest BCUT2D eigenvalue weighted by Gasteiger charge is 2.15. The molecule has 0 saturated carbocycles. The van der Waals surface area contributed by atoms with Crippen molar-refractivity contribution in [2.24, 2.45) is 0 Å². The highest BCUT2D eigenvalue weighted by molar-refractivity contribution is 6.02. The molecule has 2 aromatic rings. The average Bonchev–Trinajstić information content (AvgIpc) is 2.53. The SMILES string of the molecule is Cc1ccc(/C=C/C(=O)Nc2ccc(C(=O)NC(C)(C)C)cc2)c(C)c1. The van der Waals surface area contributed by atoms with E-state index in [1.165, 1.54) is 11.6 Å². The molecule has 0 aromatic heterocycles. The van der Waals surface area contributed by atoms with Gasteiger partial charge in [0, 0.05) is 22.9 Å². The molecule has 2 amide bonds. The molecule has 0 saturated heterocycles.